The molecule has 0 spiro atoms. The van der Waals surface area contributed by atoms with Crippen molar-refractivity contribution >= 4 is 37.5 Å². The van der Waals surface area contributed by atoms with E-state index in [-0.39, 0.29) is 17.6 Å². The maximum atomic E-state index is 12.5. The summed E-state index contributed by atoms with van der Waals surface area (Å²) in [5, 5.41) is 2.22. The monoisotopic (exact) mass is 299 g/mol. The minimum atomic E-state index is -3.49. The molecular formula is C12H13NO4S2. The molecule has 0 N–H and O–H groups in total. The van der Waals surface area contributed by atoms with Gasteiger partial charge in [-0.25, -0.2) is 17.2 Å². The van der Waals surface area contributed by atoms with Gasteiger partial charge in [-0.2, -0.15) is 0 Å². The Balaban J connectivity index is 2.21. The summed E-state index contributed by atoms with van der Waals surface area (Å²) >= 11 is 1.32. The van der Waals surface area contributed by atoms with Crippen molar-refractivity contribution in [3.63, 3.8) is 0 Å². The minimum Gasteiger partial charge on any atom is -0.461 e. The third-order valence-electron chi connectivity index (χ3n) is 3.05. The van der Waals surface area contributed by atoms with Crippen molar-refractivity contribution in [3.05, 3.63) is 23.2 Å². The first-order valence-electron chi connectivity index (χ1n) is 6.06. The van der Waals surface area contributed by atoms with Crippen LogP contribution in [0.4, 0.5) is 0 Å². The van der Waals surface area contributed by atoms with Gasteiger partial charge in [-0.3, -0.25) is 0 Å². The van der Waals surface area contributed by atoms with Gasteiger partial charge >= 0.3 is 5.97 Å². The lowest BCUT2D eigenvalue weighted by atomic mass is 10.3. The topological polar surface area (TPSA) is 65.4 Å². The molecule has 1 aliphatic carbocycles. The molecule has 1 saturated carbocycles. The Bertz CT molecular complexity index is 737. The summed E-state index contributed by atoms with van der Waals surface area (Å²) in [7, 11) is -3.49. The number of ether oxygens (including phenoxy) is 1. The lowest BCUT2D eigenvalue weighted by molar-refractivity contribution is 0.0518. The summed E-state index contributed by atoms with van der Waals surface area (Å²) in [6, 6.07) is 3.39. The van der Waals surface area contributed by atoms with Gasteiger partial charge in [-0.05, 0) is 37.3 Å². The van der Waals surface area contributed by atoms with Crippen LogP contribution in [0.25, 0.3) is 10.2 Å². The fourth-order valence-electron chi connectivity index (χ4n) is 2.02. The van der Waals surface area contributed by atoms with Crippen molar-refractivity contribution in [1.82, 2.24) is 3.97 Å². The van der Waals surface area contributed by atoms with Gasteiger partial charge in [0, 0.05) is 5.39 Å². The van der Waals surface area contributed by atoms with Crippen LogP contribution in [0.3, 0.4) is 0 Å². The largest absolute Gasteiger partial charge is 0.461 e. The quantitative estimate of drug-likeness (QED) is 0.812. The predicted octanol–water partition coefficient (Wildman–Crippen LogP) is 2.22. The predicted molar refractivity (Wildman–Crippen MR) is 73.1 cm³/mol. The number of aromatic nitrogens is 1. The average molecular weight is 299 g/mol. The van der Waals surface area contributed by atoms with E-state index in [1.54, 1.807) is 13.0 Å². The van der Waals surface area contributed by atoms with Crippen LogP contribution in [0.15, 0.2) is 17.5 Å². The highest BCUT2D eigenvalue weighted by molar-refractivity contribution is 7.91. The number of nitrogens with zero attached hydrogens (tertiary/aromatic N) is 1. The molecule has 1 aliphatic rings. The number of rotatable bonds is 4. The molecule has 1 fully saturated rings. The lowest BCUT2D eigenvalue weighted by Crippen LogP contribution is -2.22. The van der Waals surface area contributed by atoms with E-state index in [2.05, 4.69) is 0 Å². The molecule has 0 amide bonds. The van der Waals surface area contributed by atoms with Crippen molar-refractivity contribution in [2.75, 3.05) is 6.61 Å². The normalized spacial score (nSPS) is 15.8. The van der Waals surface area contributed by atoms with Gasteiger partial charge in [-0.1, -0.05) is 0 Å². The molecule has 0 radical (unpaired) electrons. The highest BCUT2D eigenvalue weighted by Crippen LogP contribution is 2.35. The van der Waals surface area contributed by atoms with E-state index in [1.165, 1.54) is 15.3 Å². The van der Waals surface area contributed by atoms with Crippen LogP contribution in [-0.2, 0) is 14.8 Å². The van der Waals surface area contributed by atoms with Gasteiger partial charge < -0.3 is 4.74 Å². The second-order valence-corrected chi connectivity index (χ2v) is 7.40. The van der Waals surface area contributed by atoms with Gasteiger partial charge in [0.25, 0.3) is 0 Å². The Kier molecular flexibility index (Phi) is 2.90. The van der Waals surface area contributed by atoms with Gasteiger partial charge in [-0.15, -0.1) is 11.3 Å². The van der Waals surface area contributed by atoms with E-state index in [0.717, 1.165) is 5.39 Å². The molecule has 0 aliphatic heterocycles. The van der Waals surface area contributed by atoms with Crippen molar-refractivity contribution in [2.24, 2.45) is 0 Å². The Morgan fingerprint density at radius 1 is 1.53 bits per heavy atom. The summed E-state index contributed by atoms with van der Waals surface area (Å²) in [5.41, 5.74) is 0.107. The smallest absolute Gasteiger partial charge is 0.356 e. The first kappa shape index (κ1) is 12.7. The average Bonchev–Trinajstić information content (AvgIpc) is 3.00. The summed E-state index contributed by atoms with van der Waals surface area (Å²) in [6.45, 7) is 1.92. The van der Waals surface area contributed by atoms with Crippen LogP contribution >= 0.6 is 11.3 Å². The molecule has 19 heavy (non-hydrogen) atoms. The Hall–Kier alpha value is -1.34. The molecule has 0 aromatic carbocycles. The molecule has 3 rings (SSSR count). The zero-order chi connectivity index (χ0) is 13.6. The summed E-state index contributed by atoms with van der Waals surface area (Å²) in [6.07, 6.45) is 1.32. The Labute approximate surface area is 114 Å². The van der Waals surface area contributed by atoms with Crippen LogP contribution in [0.1, 0.15) is 30.3 Å². The zero-order valence-corrected chi connectivity index (χ0v) is 12.0. The van der Waals surface area contributed by atoms with Gasteiger partial charge in [0.1, 0.15) is 10.5 Å². The van der Waals surface area contributed by atoms with Gasteiger partial charge in [0.2, 0.25) is 10.0 Å². The van der Waals surface area contributed by atoms with Crippen molar-refractivity contribution in [3.8, 4) is 0 Å². The molecular weight excluding hydrogens is 286 g/mol. The zero-order valence-electron chi connectivity index (χ0n) is 10.3. The molecule has 0 atom stereocenters. The molecule has 2 heterocycles. The highest BCUT2D eigenvalue weighted by atomic mass is 32.2. The maximum absolute atomic E-state index is 12.5. The van der Waals surface area contributed by atoms with E-state index in [4.69, 9.17) is 4.74 Å². The third-order valence-corrected chi connectivity index (χ3v) is 6.29. The Morgan fingerprint density at radius 3 is 2.89 bits per heavy atom. The summed E-state index contributed by atoms with van der Waals surface area (Å²) < 4.78 is 31.0. The lowest BCUT2D eigenvalue weighted by Gasteiger charge is -2.09. The summed E-state index contributed by atoms with van der Waals surface area (Å²) in [5.74, 6) is -0.588. The molecule has 0 unspecified atom stereocenters. The summed E-state index contributed by atoms with van der Waals surface area (Å²) in [4.78, 5) is 12.5. The van der Waals surface area contributed by atoms with Gasteiger partial charge in [0.05, 0.1) is 11.9 Å². The van der Waals surface area contributed by atoms with E-state index >= 15 is 0 Å². The number of thiophene rings is 1. The number of esters is 1. The first-order chi connectivity index (χ1) is 9.05. The second kappa shape index (κ2) is 4.35. The number of carbonyl (C=O) groups is 1. The standard InChI is InChI=1S/C12H13NO4S2/c1-2-17-12(14)10-7-8-5-6-18-11(8)13(10)19(15,16)9-3-4-9/h5-7,9H,2-4H2,1H3. The van der Waals surface area contributed by atoms with Crippen molar-refractivity contribution in [1.29, 1.82) is 0 Å². The maximum Gasteiger partial charge on any atom is 0.356 e. The van der Waals surface area contributed by atoms with Crippen LogP contribution in [0.2, 0.25) is 0 Å². The number of carbonyl (C=O) groups excluding carboxylic acids is 1. The van der Waals surface area contributed by atoms with Crippen molar-refractivity contribution in [2.45, 2.75) is 25.0 Å². The molecule has 7 heteroatoms. The molecule has 102 valence electrons. The Morgan fingerprint density at radius 2 is 2.26 bits per heavy atom. The number of fused-ring (bicyclic) bond motifs is 1. The van der Waals surface area contributed by atoms with E-state index in [9.17, 15) is 13.2 Å². The fourth-order valence-corrected chi connectivity index (χ4v) is 5.03. The molecule has 0 saturated heterocycles. The molecule has 5 nitrogen and oxygen atoms in total. The van der Waals surface area contributed by atoms with Crippen LogP contribution < -0.4 is 0 Å². The fraction of sp³-hybridized carbons (Fsp3) is 0.417. The van der Waals surface area contributed by atoms with Crippen molar-refractivity contribution < 1.29 is 17.9 Å². The SMILES string of the molecule is CCOC(=O)c1cc2ccsc2n1S(=O)(=O)C1CC1. The van der Waals surface area contributed by atoms with Crippen LogP contribution in [-0.4, -0.2) is 30.2 Å². The second-order valence-electron chi connectivity index (χ2n) is 4.44. The first-order valence-corrected chi connectivity index (χ1v) is 8.44. The van der Waals surface area contributed by atoms with Gasteiger partial charge in [0.15, 0.2) is 0 Å². The minimum absolute atomic E-state index is 0.107. The third kappa shape index (κ3) is 1.97. The highest BCUT2D eigenvalue weighted by Gasteiger charge is 2.40. The van der Waals surface area contributed by atoms with Crippen LogP contribution in [0.5, 0.6) is 0 Å². The number of hydrogen-bond acceptors (Lipinski definition) is 5. The van der Waals surface area contributed by atoms with E-state index in [1.807, 2.05) is 11.4 Å². The molecule has 2 aromatic heterocycles. The van der Waals surface area contributed by atoms with E-state index < -0.39 is 16.0 Å². The van der Waals surface area contributed by atoms with Crippen LogP contribution in [0, 0.1) is 0 Å². The molecule has 2 aromatic rings. The van der Waals surface area contributed by atoms with E-state index in [0.29, 0.717) is 17.7 Å². The molecule has 0 bridgehead atoms. The number of hydrogen-bond donors (Lipinski definition) is 0.